The molecule has 3 N–H and O–H groups in total. The number of aromatic nitrogens is 1. The van der Waals surface area contributed by atoms with Crippen LogP contribution in [0.5, 0.6) is 0 Å². The number of carboxylic acid groups (broad SMARTS) is 1. The number of aromatic carboxylic acids is 1. The minimum absolute atomic E-state index is 0.0184. The molecular formula is C14H12FN3O3. The number of amides is 2. The van der Waals surface area contributed by atoms with Crippen molar-refractivity contribution in [3.8, 4) is 0 Å². The normalized spacial score (nSPS) is 9.95. The van der Waals surface area contributed by atoms with Crippen LogP contribution >= 0.6 is 0 Å². The average molecular weight is 289 g/mol. The van der Waals surface area contributed by atoms with Crippen molar-refractivity contribution < 1.29 is 19.1 Å². The van der Waals surface area contributed by atoms with Crippen LogP contribution in [-0.2, 0) is 6.54 Å². The molecule has 0 atom stereocenters. The topological polar surface area (TPSA) is 91.3 Å². The van der Waals surface area contributed by atoms with Gasteiger partial charge in [-0.1, -0.05) is 18.2 Å². The predicted molar refractivity (Wildman–Crippen MR) is 73.5 cm³/mol. The van der Waals surface area contributed by atoms with Crippen molar-refractivity contribution in [2.45, 2.75) is 6.54 Å². The Bertz CT molecular complexity index is 676. The van der Waals surface area contributed by atoms with Crippen LogP contribution in [0, 0.1) is 5.82 Å². The standard InChI is InChI=1S/C14H12FN3O3/c15-12-4-2-1-3-9(12)7-17-14(21)18-11-5-10(13(19)20)6-16-8-11/h1-6,8H,7H2,(H,19,20)(H2,17,18,21). The molecule has 0 aliphatic heterocycles. The molecular weight excluding hydrogens is 277 g/mol. The summed E-state index contributed by atoms with van der Waals surface area (Å²) in [5, 5.41) is 13.7. The molecule has 0 aliphatic carbocycles. The predicted octanol–water partition coefficient (Wildman–Crippen LogP) is 2.24. The van der Waals surface area contributed by atoms with Gasteiger partial charge in [-0.15, -0.1) is 0 Å². The van der Waals surface area contributed by atoms with Gasteiger partial charge in [0.2, 0.25) is 0 Å². The number of carbonyl (C=O) groups excluding carboxylic acids is 1. The first-order chi connectivity index (χ1) is 10.1. The van der Waals surface area contributed by atoms with E-state index in [1.807, 2.05) is 0 Å². The second-order valence-electron chi connectivity index (χ2n) is 4.17. The molecule has 6 nitrogen and oxygen atoms in total. The van der Waals surface area contributed by atoms with Crippen LogP contribution in [0.2, 0.25) is 0 Å². The Kier molecular flexibility index (Phi) is 4.45. The lowest BCUT2D eigenvalue weighted by atomic mass is 10.2. The van der Waals surface area contributed by atoms with E-state index in [4.69, 9.17) is 5.11 Å². The molecule has 21 heavy (non-hydrogen) atoms. The zero-order valence-corrected chi connectivity index (χ0v) is 10.8. The maximum Gasteiger partial charge on any atom is 0.337 e. The number of hydrogen-bond acceptors (Lipinski definition) is 3. The smallest absolute Gasteiger partial charge is 0.337 e. The van der Waals surface area contributed by atoms with Crippen LogP contribution in [-0.4, -0.2) is 22.1 Å². The first-order valence-electron chi connectivity index (χ1n) is 6.03. The van der Waals surface area contributed by atoms with Gasteiger partial charge in [-0.05, 0) is 12.1 Å². The molecule has 2 rings (SSSR count). The van der Waals surface area contributed by atoms with Crippen LogP contribution < -0.4 is 10.6 Å². The Morgan fingerprint density at radius 2 is 2.00 bits per heavy atom. The molecule has 0 bridgehead atoms. The Morgan fingerprint density at radius 1 is 1.24 bits per heavy atom. The molecule has 1 aromatic heterocycles. The van der Waals surface area contributed by atoms with Crippen molar-refractivity contribution in [1.82, 2.24) is 10.3 Å². The number of halogens is 1. The summed E-state index contributed by atoms with van der Waals surface area (Å²) in [5.74, 6) is -1.55. The second kappa shape index (κ2) is 6.47. The largest absolute Gasteiger partial charge is 0.478 e. The number of pyridine rings is 1. The van der Waals surface area contributed by atoms with Gasteiger partial charge in [0.25, 0.3) is 0 Å². The first-order valence-corrected chi connectivity index (χ1v) is 6.03. The quantitative estimate of drug-likeness (QED) is 0.805. The fourth-order valence-electron chi connectivity index (χ4n) is 1.62. The Hall–Kier alpha value is -2.96. The third-order valence-corrected chi connectivity index (χ3v) is 2.64. The molecule has 0 aliphatic rings. The fraction of sp³-hybridized carbons (Fsp3) is 0.0714. The first kappa shape index (κ1) is 14.4. The van der Waals surface area contributed by atoms with Crippen molar-refractivity contribution in [2.75, 3.05) is 5.32 Å². The molecule has 108 valence electrons. The highest BCUT2D eigenvalue weighted by Crippen LogP contribution is 2.09. The number of nitrogens with zero attached hydrogens (tertiary/aromatic N) is 1. The summed E-state index contributed by atoms with van der Waals surface area (Å²) >= 11 is 0. The summed E-state index contributed by atoms with van der Waals surface area (Å²) < 4.78 is 13.4. The number of nitrogens with one attached hydrogen (secondary N) is 2. The van der Waals surface area contributed by atoms with Crippen LogP contribution in [0.3, 0.4) is 0 Å². The molecule has 1 aromatic carbocycles. The van der Waals surface area contributed by atoms with E-state index < -0.39 is 17.8 Å². The number of rotatable bonds is 4. The lowest BCUT2D eigenvalue weighted by molar-refractivity contribution is 0.0696. The highest BCUT2D eigenvalue weighted by molar-refractivity contribution is 5.92. The minimum atomic E-state index is -1.14. The molecule has 0 saturated heterocycles. The van der Waals surface area contributed by atoms with Gasteiger partial charge in [0.1, 0.15) is 5.82 Å². The second-order valence-corrected chi connectivity index (χ2v) is 4.17. The van der Waals surface area contributed by atoms with Crippen LogP contribution in [0.1, 0.15) is 15.9 Å². The number of hydrogen-bond donors (Lipinski definition) is 3. The molecule has 2 aromatic rings. The van der Waals surface area contributed by atoms with E-state index in [0.717, 1.165) is 0 Å². The SMILES string of the molecule is O=C(NCc1ccccc1F)Nc1cncc(C(=O)O)c1. The van der Waals surface area contributed by atoms with Gasteiger partial charge in [-0.3, -0.25) is 4.98 Å². The Balaban J connectivity index is 1.95. The number of carboxylic acids is 1. The summed E-state index contributed by atoms with van der Waals surface area (Å²) in [6, 6.07) is 6.78. The lowest BCUT2D eigenvalue weighted by Crippen LogP contribution is -2.28. The van der Waals surface area contributed by atoms with Gasteiger partial charge < -0.3 is 15.7 Å². The van der Waals surface area contributed by atoms with Gasteiger partial charge in [-0.25, -0.2) is 14.0 Å². The number of anilines is 1. The van der Waals surface area contributed by atoms with E-state index in [2.05, 4.69) is 15.6 Å². The van der Waals surface area contributed by atoms with Crippen molar-refractivity contribution in [3.63, 3.8) is 0 Å². The molecule has 0 saturated carbocycles. The van der Waals surface area contributed by atoms with Gasteiger partial charge >= 0.3 is 12.0 Å². The maximum absolute atomic E-state index is 13.4. The third-order valence-electron chi connectivity index (χ3n) is 2.64. The highest BCUT2D eigenvalue weighted by Gasteiger charge is 2.07. The number of benzene rings is 1. The summed E-state index contributed by atoms with van der Waals surface area (Å²) in [4.78, 5) is 26.1. The fourth-order valence-corrected chi connectivity index (χ4v) is 1.62. The maximum atomic E-state index is 13.4. The van der Waals surface area contributed by atoms with Gasteiger partial charge in [-0.2, -0.15) is 0 Å². The Morgan fingerprint density at radius 3 is 2.71 bits per heavy atom. The van der Waals surface area contributed by atoms with E-state index in [1.165, 1.54) is 24.5 Å². The zero-order valence-electron chi connectivity index (χ0n) is 10.8. The van der Waals surface area contributed by atoms with Crippen molar-refractivity contribution >= 4 is 17.7 Å². The van der Waals surface area contributed by atoms with Gasteiger partial charge in [0.15, 0.2) is 0 Å². The van der Waals surface area contributed by atoms with Crippen molar-refractivity contribution in [2.24, 2.45) is 0 Å². The Labute approximate surface area is 119 Å². The van der Waals surface area contributed by atoms with Crippen molar-refractivity contribution in [1.29, 1.82) is 0 Å². The van der Waals surface area contributed by atoms with Crippen LogP contribution in [0.4, 0.5) is 14.9 Å². The third kappa shape index (κ3) is 4.00. The van der Waals surface area contributed by atoms with Gasteiger partial charge in [0, 0.05) is 18.3 Å². The summed E-state index contributed by atoms with van der Waals surface area (Å²) in [6.07, 6.45) is 2.49. The molecule has 7 heteroatoms. The van der Waals surface area contributed by atoms with E-state index >= 15 is 0 Å². The number of carbonyl (C=O) groups is 2. The average Bonchev–Trinajstić information content (AvgIpc) is 2.46. The van der Waals surface area contributed by atoms with Crippen LogP contribution in [0.25, 0.3) is 0 Å². The highest BCUT2D eigenvalue weighted by atomic mass is 19.1. The van der Waals surface area contributed by atoms with Crippen LogP contribution in [0.15, 0.2) is 42.7 Å². The van der Waals surface area contributed by atoms with Crippen molar-refractivity contribution in [3.05, 3.63) is 59.7 Å². The summed E-state index contributed by atoms with van der Waals surface area (Å²) in [5.41, 5.74) is 0.549. The van der Waals surface area contributed by atoms with E-state index in [-0.39, 0.29) is 17.8 Å². The molecule has 0 radical (unpaired) electrons. The zero-order chi connectivity index (χ0) is 15.2. The summed E-state index contributed by atoms with van der Waals surface area (Å²) in [7, 11) is 0. The number of urea groups is 1. The molecule has 0 spiro atoms. The molecule has 2 amide bonds. The molecule has 0 fully saturated rings. The summed E-state index contributed by atoms with van der Waals surface area (Å²) in [6.45, 7) is 0.0184. The van der Waals surface area contributed by atoms with E-state index in [1.54, 1.807) is 18.2 Å². The minimum Gasteiger partial charge on any atom is -0.478 e. The lowest BCUT2D eigenvalue weighted by Gasteiger charge is -2.08. The van der Waals surface area contributed by atoms with E-state index in [9.17, 15) is 14.0 Å². The monoisotopic (exact) mass is 289 g/mol. The van der Waals surface area contributed by atoms with Gasteiger partial charge in [0.05, 0.1) is 17.4 Å². The van der Waals surface area contributed by atoms with E-state index in [0.29, 0.717) is 5.56 Å². The molecule has 0 unspecified atom stereocenters. The molecule has 1 heterocycles.